The van der Waals surface area contributed by atoms with E-state index in [1.807, 2.05) is 18.2 Å². The molecule has 86 valence electrons. The van der Waals surface area contributed by atoms with Crippen molar-refractivity contribution in [1.29, 1.82) is 0 Å². The summed E-state index contributed by atoms with van der Waals surface area (Å²) in [5.74, 6) is 0.404. The van der Waals surface area contributed by atoms with Gasteiger partial charge in [-0.05, 0) is 12.1 Å². The van der Waals surface area contributed by atoms with Gasteiger partial charge in [0, 0.05) is 9.86 Å². The average Bonchev–Trinajstić information content (AvgIpc) is 2.73. The average molecular weight is 310 g/mol. The number of rotatable bonds is 1. The first kappa shape index (κ1) is 10.9. The van der Waals surface area contributed by atoms with Gasteiger partial charge >= 0.3 is 0 Å². The number of thiazole rings is 1. The molecule has 0 amide bonds. The third-order valence-electron chi connectivity index (χ3n) is 2.49. The van der Waals surface area contributed by atoms with Gasteiger partial charge in [0.05, 0.1) is 16.8 Å². The molecule has 0 spiro atoms. The zero-order chi connectivity index (χ0) is 12.0. The molecular weight excluding hydrogens is 302 g/mol. The Bertz CT molecular complexity index is 725. The first-order valence-corrected chi connectivity index (χ1v) is 6.55. The molecule has 0 bridgehead atoms. The fourth-order valence-corrected chi connectivity index (χ4v) is 3.08. The van der Waals surface area contributed by atoms with Crippen LogP contribution in [-0.2, 0) is 6.61 Å². The summed E-state index contributed by atoms with van der Waals surface area (Å²) in [6.45, 7) is -0.0726. The van der Waals surface area contributed by atoms with Crippen LogP contribution in [0.5, 0.6) is 0 Å². The van der Waals surface area contributed by atoms with E-state index < -0.39 is 0 Å². The maximum absolute atomic E-state index is 9.12. The zero-order valence-corrected chi connectivity index (χ0v) is 11.0. The minimum Gasteiger partial charge on any atom is -0.389 e. The molecular formula is C11H8BrN3OS. The molecule has 1 aromatic carbocycles. The zero-order valence-electron chi connectivity index (χ0n) is 8.64. The number of fused-ring (bicyclic) bond motifs is 3. The Kier molecular flexibility index (Phi) is 2.50. The fraction of sp³-hybridized carbons (Fsp3) is 0.0909. The van der Waals surface area contributed by atoms with Gasteiger partial charge in [0.2, 0.25) is 0 Å². The Hall–Kier alpha value is -1.24. The number of pyridine rings is 1. The molecule has 0 atom stereocenters. The highest BCUT2D eigenvalue weighted by Gasteiger charge is 2.11. The van der Waals surface area contributed by atoms with E-state index in [4.69, 9.17) is 10.8 Å². The van der Waals surface area contributed by atoms with Crippen LogP contribution in [0.2, 0.25) is 0 Å². The van der Waals surface area contributed by atoms with Crippen LogP contribution in [0, 0.1) is 0 Å². The topological polar surface area (TPSA) is 72.0 Å². The third kappa shape index (κ3) is 1.69. The summed E-state index contributed by atoms with van der Waals surface area (Å²) in [7, 11) is 0. The van der Waals surface area contributed by atoms with Crippen LogP contribution in [0.25, 0.3) is 21.1 Å². The van der Waals surface area contributed by atoms with Crippen LogP contribution in [0.3, 0.4) is 0 Å². The molecule has 0 saturated heterocycles. The van der Waals surface area contributed by atoms with Gasteiger partial charge in [-0.1, -0.05) is 22.0 Å². The molecule has 3 aromatic rings. The van der Waals surface area contributed by atoms with Gasteiger partial charge in [-0.15, -0.1) is 11.3 Å². The van der Waals surface area contributed by atoms with E-state index in [9.17, 15) is 0 Å². The molecule has 2 heterocycles. The highest BCUT2D eigenvalue weighted by atomic mass is 79.9. The van der Waals surface area contributed by atoms with Gasteiger partial charge < -0.3 is 10.8 Å². The number of halogens is 1. The molecule has 0 aliphatic rings. The minimum atomic E-state index is -0.0726. The number of anilines is 1. The summed E-state index contributed by atoms with van der Waals surface area (Å²) in [4.78, 5) is 8.60. The monoisotopic (exact) mass is 309 g/mol. The van der Waals surface area contributed by atoms with Crippen LogP contribution in [0.4, 0.5) is 5.82 Å². The minimum absolute atomic E-state index is 0.0726. The van der Waals surface area contributed by atoms with Crippen molar-refractivity contribution in [3.05, 3.63) is 27.7 Å². The molecule has 3 rings (SSSR count). The van der Waals surface area contributed by atoms with Crippen LogP contribution in [0.15, 0.2) is 22.7 Å². The summed E-state index contributed by atoms with van der Waals surface area (Å²) in [5.41, 5.74) is 7.38. The number of aliphatic hydroxyl groups excluding tert-OH is 1. The normalized spacial score (nSPS) is 11.4. The number of nitrogen functional groups attached to an aromatic ring is 1. The van der Waals surface area contributed by atoms with Gasteiger partial charge in [-0.3, -0.25) is 0 Å². The smallest absolute Gasteiger partial charge is 0.151 e. The summed E-state index contributed by atoms with van der Waals surface area (Å²) in [6.07, 6.45) is 0. The number of aromatic nitrogens is 2. The summed E-state index contributed by atoms with van der Waals surface area (Å²) < 4.78 is 1.94. The number of hydrogen-bond donors (Lipinski definition) is 2. The first-order chi connectivity index (χ1) is 8.19. The van der Waals surface area contributed by atoms with E-state index >= 15 is 0 Å². The molecule has 0 saturated carbocycles. The molecule has 2 aromatic heterocycles. The van der Waals surface area contributed by atoms with Crippen LogP contribution in [-0.4, -0.2) is 15.1 Å². The second kappa shape index (κ2) is 3.90. The predicted molar refractivity (Wildman–Crippen MR) is 73.0 cm³/mol. The highest BCUT2D eigenvalue weighted by Crippen LogP contribution is 2.33. The molecule has 0 unspecified atom stereocenters. The Morgan fingerprint density at radius 1 is 1.35 bits per heavy atom. The standard InChI is InChI=1S/C11H8BrN3OS/c12-5-1-2-6-7(3-5)14-11(13)9-10(6)17-8(4-16)15-9/h1-3,16H,4H2,(H2,13,14). The van der Waals surface area contributed by atoms with Crippen molar-refractivity contribution in [2.45, 2.75) is 6.61 Å². The maximum atomic E-state index is 9.12. The Morgan fingerprint density at radius 2 is 2.18 bits per heavy atom. The molecule has 0 radical (unpaired) electrons. The number of hydrogen-bond acceptors (Lipinski definition) is 5. The third-order valence-corrected chi connectivity index (χ3v) is 4.06. The number of nitrogens with zero attached hydrogens (tertiary/aromatic N) is 2. The van der Waals surface area contributed by atoms with Crippen molar-refractivity contribution in [2.75, 3.05) is 5.73 Å². The van der Waals surface area contributed by atoms with Gasteiger partial charge in [0.1, 0.15) is 10.5 Å². The summed E-state index contributed by atoms with van der Waals surface area (Å²) in [5, 5.41) is 10.8. The molecule has 17 heavy (non-hydrogen) atoms. The largest absolute Gasteiger partial charge is 0.389 e. The van der Waals surface area contributed by atoms with Crippen molar-refractivity contribution < 1.29 is 5.11 Å². The molecule has 6 heteroatoms. The SMILES string of the molecule is Nc1nc2cc(Br)ccc2c2sc(CO)nc12. The lowest BCUT2D eigenvalue weighted by molar-refractivity contribution is 0.281. The quantitative estimate of drug-likeness (QED) is 0.725. The predicted octanol–water partition coefficient (Wildman–Crippen LogP) is 2.68. The van der Waals surface area contributed by atoms with Crippen LogP contribution >= 0.6 is 27.3 Å². The van der Waals surface area contributed by atoms with E-state index in [1.165, 1.54) is 11.3 Å². The molecule has 3 N–H and O–H groups in total. The Labute approximate surface area is 109 Å². The molecule has 0 aliphatic carbocycles. The van der Waals surface area contributed by atoms with E-state index in [2.05, 4.69) is 25.9 Å². The van der Waals surface area contributed by atoms with Crippen LogP contribution < -0.4 is 5.73 Å². The van der Waals surface area contributed by atoms with E-state index in [-0.39, 0.29) is 6.61 Å². The van der Waals surface area contributed by atoms with Gasteiger partial charge in [0.25, 0.3) is 0 Å². The van der Waals surface area contributed by atoms with E-state index in [1.54, 1.807) is 0 Å². The Balaban J connectivity index is 2.49. The lowest BCUT2D eigenvalue weighted by atomic mass is 10.2. The number of nitrogens with two attached hydrogens (primary N) is 1. The molecule has 0 fully saturated rings. The summed E-state index contributed by atoms with van der Waals surface area (Å²) in [6, 6.07) is 5.86. The van der Waals surface area contributed by atoms with Crippen molar-refractivity contribution in [2.24, 2.45) is 0 Å². The lowest BCUT2D eigenvalue weighted by Crippen LogP contribution is -1.92. The number of benzene rings is 1. The first-order valence-electron chi connectivity index (χ1n) is 4.94. The highest BCUT2D eigenvalue weighted by molar-refractivity contribution is 9.10. The second-order valence-corrected chi connectivity index (χ2v) is 5.60. The van der Waals surface area contributed by atoms with Gasteiger partial charge in [-0.25, -0.2) is 9.97 Å². The van der Waals surface area contributed by atoms with Gasteiger partial charge in [0.15, 0.2) is 5.82 Å². The van der Waals surface area contributed by atoms with E-state index in [0.717, 1.165) is 20.1 Å². The molecule has 0 aliphatic heterocycles. The number of aliphatic hydroxyl groups is 1. The van der Waals surface area contributed by atoms with Crippen molar-refractivity contribution in [1.82, 2.24) is 9.97 Å². The lowest BCUT2D eigenvalue weighted by Gasteiger charge is -2.01. The maximum Gasteiger partial charge on any atom is 0.151 e. The second-order valence-electron chi connectivity index (χ2n) is 3.60. The fourth-order valence-electron chi connectivity index (χ4n) is 1.76. The summed E-state index contributed by atoms with van der Waals surface area (Å²) >= 11 is 4.86. The Morgan fingerprint density at radius 3 is 2.94 bits per heavy atom. The van der Waals surface area contributed by atoms with Crippen molar-refractivity contribution in [3.8, 4) is 0 Å². The molecule has 4 nitrogen and oxygen atoms in total. The van der Waals surface area contributed by atoms with E-state index in [0.29, 0.717) is 16.3 Å². The van der Waals surface area contributed by atoms with Crippen molar-refractivity contribution in [3.63, 3.8) is 0 Å². The van der Waals surface area contributed by atoms with Gasteiger partial charge in [-0.2, -0.15) is 0 Å². The van der Waals surface area contributed by atoms with Crippen molar-refractivity contribution >= 4 is 54.2 Å². The van der Waals surface area contributed by atoms with Crippen LogP contribution in [0.1, 0.15) is 5.01 Å².